The molecule has 11 heteroatoms. The van der Waals surface area contributed by atoms with Gasteiger partial charge in [0.05, 0.1) is 28.3 Å². The Kier molecular flexibility index (Phi) is 8.40. The van der Waals surface area contributed by atoms with Crippen molar-refractivity contribution in [3.63, 3.8) is 0 Å². The van der Waals surface area contributed by atoms with Crippen LogP contribution in [0.4, 0.5) is 18.9 Å². The number of carbonyl (C=O) groups is 1. The summed E-state index contributed by atoms with van der Waals surface area (Å²) >= 11 is 13.8. The molecule has 208 valence electrons. The second kappa shape index (κ2) is 12.0. The molecule has 41 heavy (non-hydrogen) atoms. The van der Waals surface area contributed by atoms with Crippen LogP contribution < -0.4 is 10.9 Å². The first-order valence-electron chi connectivity index (χ1n) is 12.1. The Morgan fingerprint density at radius 3 is 2.44 bits per heavy atom. The van der Waals surface area contributed by atoms with E-state index < -0.39 is 35.4 Å². The molecule has 2 aromatic heterocycles. The minimum Gasteiger partial charge on any atom is -0.422 e. The molecule has 0 fully saturated rings. The van der Waals surface area contributed by atoms with Gasteiger partial charge < -0.3 is 9.73 Å². The molecule has 5 aromatic rings. The summed E-state index contributed by atoms with van der Waals surface area (Å²) in [6, 6.07) is 20.8. The van der Waals surface area contributed by atoms with Crippen LogP contribution in [0, 0.1) is 0 Å². The van der Waals surface area contributed by atoms with Crippen molar-refractivity contribution in [2.75, 3.05) is 5.32 Å². The Morgan fingerprint density at radius 1 is 0.976 bits per heavy atom. The van der Waals surface area contributed by atoms with Crippen molar-refractivity contribution in [2.24, 2.45) is 0 Å². The molecule has 0 bridgehead atoms. The number of amides is 1. The zero-order valence-electron chi connectivity index (χ0n) is 21.0. The summed E-state index contributed by atoms with van der Waals surface area (Å²) in [4.78, 5) is 30.6. The summed E-state index contributed by atoms with van der Waals surface area (Å²) < 4.78 is 46.3. The van der Waals surface area contributed by atoms with Gasteiger partial charge in [-0.2, -0.15) is 13.2 Å². The first-order chi connectivity index (χ1) is 19.6. The van der Waals surface area contributed by atoms with Gasteiger partial charge in [-0.05, 0) is 47.5 Å². The fourth-order valence-electron chi connectivity index (χ4n) is 4.31. The number of nitrogens with one attached hydrogen (secondary N) is 1. The van der Waals surface area contributed by atoms with Crippen LogP contribution in [0.15, 0.2) is 99.3 Å². The van der Waals surface area contributed by atoms with Gasteiger partial charge in [-0.3, -0.25) is 4.79 Å². The number of benzene rings is 3. The van der Waals surface area contributed by atoms with Gasteiger partial charge in [0.2, 0.25) is 5.91 Å². The molecule has 3 aromatic carbocycles. The van der Waals surface area contributed by atoms with E-state index in [1.54, 1.807) is 48.7 Å². The minimum atomic E-state index is -4.76. The molecule has 5 nitrogen and oxygen atoms in total. The van der Waals surface area contributed by atoms with Crippen molar-refractivity contribution < 1.29 is 22.4 Å². The first kappa shape index (κ1) is 28.7. The number of hydrogen-bond acceptors (Lipinski definition) is 5. The van der Waals surface area contributed by atoms with E-state index in [0.717, 1.165) is 22.7 Å². The van der Waals surface area contributed by atoms with Gasteiger partial charge in [-0.1, -0.05) is 59.6 Å². The molecule has 2 heterocycles. The smallest absolute Gasteiger partial charge is 0.418 e. The number of aromatic nitrogens is 1. The quantitative estimate of drug-likeness (QED) is 0.147. The molecular weight excluding hydrogens is 596 g/mol. The SMILES string of the molecule is O=C(Cc1c(-c2ccccc2)c2cc(CSc3ccccn3)c(Cl)cc2oc1=O)Nc1ccc(Cl)cc1C(F)(F)F. The third-order valence-corrected chi connectivity index (χ3v) is 7.72. The van der Waals surface area contributed by atoms with Crippen molar-refractivity contribution in [3.05, 3.63) is 122 Å². The van der Waals surface area contributed by atoms with Crippen LogP contribution in [0.2, 0.25) is 10.0 Å². The molecule has 0 saturated heterocycles. The molecule has 1 N–H and O–H groups in total. The molecule has 0 unspecified atom stereocenters. The normalized spacial score (nSPS) is 11.5. The maximum atomic E-state index is 13.6. The number of rotatable bonds is 7. The van der Waals surface area contributed by atoms with Crippen molar-refractivity contribution in [3.8, 4) is 11.1 Å². The fourth-order valence-corrected chi connectivity index (χ4v) is 5.63. The molecule has 0 aliphatic heterocycles. The first-order valence-corrected chi connectivity index (χ1v) is 13.9. The van der Waals surface area contributed by atoms with Gasteiger partial charge in [0, 0.05) is 39.0 Å². The molecule has 0 aliphatic rings. The highest BCUT2D eigenvalue weighted by molar-refractivity contribution is 7.98. The van der Waals surface area contributed by atoms with E-state index in [1.807, 2.05) is 18.2 Å². The lowest BCUT2D eigenvalue weighted by Crippen LogP contribution is -2.22. The Hall–Kier alpha value is -3.79. The van der Waals surface area contributed by atoms with Gasteiger partial charge >= 0.3 is 11.8 Å². The van der Waals surface area contributed by atoms with Gasteiger partial charge in [0.25, 0.3) is 0 Å². The lowest BCUT2D eigenvalue weighted by molar-refractivity contribution is -0.137. The maximum absolute atomic E-state index is 13.6. The number of pyridine rings is 1. The van der Waals surface area contributed by atoms with Crippen molar-refractivity contribution in [1.29, 1.82) is 0 Å². The minimum absolute atomic E-state index is 0.00521. The summed E-state index contributed by atoms with van der Waals surface area (Å²) in [5, 5.41) is 3.85. The van der Waals surface area contributed by atoms with E-state index in [2.05, 4.69) is 10.3 Å². The van der Waals surface area contributed by atoms with E-state index >= 15 is 0 Å². The molecule has 1 amide bonds. The van der Waals surface area contributed by atoms with Crippen molar-refractivity contribution in [1.82, 2.24) is 4.98 Å². The van der Waals surface area contributed by atoms with E-state index in [0.29, 0.717) is 27.3 Å². The molecular formula is C30H19Cl2F3N2O3S. The lowest BCUT2D eigenvalue weighted by atomic mass is 9.94. The number of fused-ring (bicyclic) bond motifs is 1. The predicted octanol–water partition coefficient (Wildman–Crippen LogP) is 8.65. The maximum Gasteiger partial charge on any atom is 0.418 e. The molecule has 0 atom stereocenters. The monoisotopic (exact) mass is 614 g/mol. The Bertz CT molecular complexity index is 1800. The average Bonchev–Trinajstić information content (AvgIpc) is 2.94. The van der Waals surface area contributed by atoms with E-state index in [9.17, 15) is 22.8 Å². The number of halogens is 5. The molecule has 0 spiro atoms. The lowest BCUT2D eigenvalue weighted by Gasteiger charge is -2.16. The number of alkyl halides is 3. The van der Waals surface area contributed by atoms with E-state index in [-0.39, 0.29) is 16.2 Å². The number of anilines is 1. The van der Waals surface area contributed by atoms with Gasteiger partial charge in [0.1, 0.15) is 5.58 Å². The summed E-state index contributed by atoms with van der Waals surface area (Å²) in [5.74, 6) is -0.368. The molecule has 0 aliphatic carbocycles. The fraction of sp³-hybridized carbons (Fsp3) is 0.100. The summed E-state index contributed by atoms with van der Waals surface area (Å²) in [7, 11) is 0. The second-order valence-corrected chi connectivity index (χ2v) is 10.8. The number of thioether (sulfide) groups is 1. The van der Waals surface area contributed by atoms with Crippen molar-refractivity contribution in [2.45, 2.75) is 23.4 Å². The highest BCUT2D eigenvalue weighted by atomic mass is 35.5. The van der Waals surface area contributed by atoms with Crippen molar-refractivity contribution >= 4 is 57.5 Å². The van der Waals surface area contributed by atoms with E-state index in [1.165, 1.54) is 17.8 Å². The van der Waals surface area contributed by atoms with Crippen LogP contribution >= 0.6 is 35.0 Å². The molecule has 0 saturated carbocycles. The van der Waals surface area contributed by atoms with E-state index in [4.69, 9.17) is 27.6 Å². The van der Waals surface area contributed by atoms with Crippen LogP contribution in [0.25, 0.3) is 22.1 Å². The Morgan fingerprint density at radius 2 is 1.73 bits per heavy atom. The predicted molar refractivity (Wildman–Crippen MR) is 156 cm³/mol. The molecule has 5 rings (SSSR count). The summed E-state index contributed by atoms with van der Waals surface area (Å²) in [6.07, 6.45) is -3.61. The number of nitrogens with zero attached hydrogens (tertiary/aromatic N) is 1. The number of hydrogen-bond donors (Lipinski definition) is 1. The zero-order valence-corrected chi connectivity index (χ0v) is 23.3. The summed E-state index contributed by atoms with van der Waals surface area (Å²) in [6.45, 7) is 0. The summed E-state index contributed by atoms with van der Waals surface area (Å²) in [5.41, 5.74) is -0.365. The molecule has 0 radical (unpaired) electrons. The van der Waals surface area contributed by atoms with Crippen LogP contribution in [0.3, 0.4) is 0 Å². The third kappa shape index (κ3) is 6.59. The largest absolute Gasteiger partial charge is 0.422 e. The van der Waals surface area contributed by atoms with Crippen LogP contribution in [0.1, 0.15) is 16.7 Å². The van der Waals surface area contributed by atoms with Gasteiger partial charge in [-0.15, -0.1) is 11.8 Å². The van der Waals surface area contributed by atoms with Crippen LogP contribution in [-0.2, 0) is 23.1 Å². The number of carbonyl (C=O) groups excluding carboxylic acids is 1. The Labute approximate surface area is 246 Å². The Balaban J connectivity index is 1.57. The van der Waals surface area contributed by atoms with Gasteiger partial charge in [-0.25, -0.2) is 9.78 Å². The van der Waals surface area contributed by atoms with Crippen LogP contribution in [-0.4, -0.2) is 10.9 Å². The van der Waals surface area contributed by atoms with Crippen LogP contribution in [0.5, 0.6) is 0 Å². The highest BCUT2D eigenvalue weighted by Crippen LogP contribution is 2.38. The second-order valence-electron chi connectivity index (χ2n) is 8.92. The standard InChI is InChI=1S/C30H19Cl2F3N2O3S/c31-19-9-10-24(22(13-19)30(33,34)35)37-26(38)14-21-28(17-6-2-1-3-7-17)20-12-18(16-41-27-8-4-5-11-36-27)23(32)15-25(20)40-29(21)39/h1-13,15H,14,16H2,(H,37,38). The average molecular weight is 615 g/mol. The zero-order chi connectivity index (χ0) is 29.1. The van der Waals surface area contributed by atoms with Gasteiger partial charge in [0.15, 0.2) is 0 Å². The highest BCUT2D eigenvalue weighted by Gasteiger charge is 2.34. The third-order valence-electron chi connectivity index (χ3n) is 6.14. The topological polar surface area (TPSA) is 72.2 Å².